The second-order valence-corrected chi connectivity index (χ2v) is 7.58. The van der Waals surface area contributed by atoms with Gasteiger partial charge in [0.15, 0.2) is 5.78 Å². The highest BCUT2D eigenvalue weighted by Gasteiger charge is 2.24. The third-order valence-corrected chi connectivity index (χ3v) is 5.61. The van der Waals surface area contributed by atoms with Crippen LogP contribution in [0.5, 0.6) is 0 Å². The van der Waals surface area contributed by atoms with Crippen LogP contribution < -0.4 is 0 Å². The standard InChI is InChI=1S/C23H26N2O2/c1-16-7-9-18(10-8-16)25-17(2)23(20-5-3-4-6-21(20)25)22(27)15-24-13-11-19(26)12-14-24/h3-10,19,26H,11-15H2,1-2H3. The number of nitrogens with zero attached hydrogens (tertiary/aromatic N) is 2. The minimum atomic E-state index is -0.221. The van der Waals surface area contributed by atoms with Gasteiger partial charge in [0.05, 0.1) is 18.2 Å². The quantitative estimate of drug-likeness (QED) is 0.716. The zero-order chi connectivity index (χ0) is 19.0. The molecule has 2 heterocycles. The van der Waals surface area contributed by atoms with E-state index in [4.69, 9.17) is 0 Å². The van der Waals surface area contributed by atoms with Crippen molar-refractivity contribution in [1.29, 1.82) is 0 Å². The van der Waals surface area contributed by atoms with Gasteiger partial charge in [-0.15, -0.1) is 0 Å². The maximum Gasteiger partial charge on any atom is 0.179 e. The molecule has 0 saturated carbocycles. The van der Waals surface area contributed by atoms with Crippen LogP contribution in [0.15, 0.2) is 48.5 Å². The number of benzene rings is 2. The summed E-state index contributed by atoms with van der Waals surface area (Å²) >= 11 is 0. The first kappa shape index (κ1) is 18.0. The van der Waals surface area contributed by atoms with Gasteiger partial charge >= 0.3 is 0 Å². The molecule has 3 aromatic rings. The van der Waals surface area contributed by atoms with Crippen molar-refractivity contribution in [1.82, 2.24) is 9.47 Å². The summed E-state index contributed by atoms with van der Waals surface area (Å²) in [6.07, 6.45) is 1.27. The van der Waals surface area contributed by atoms with Gasteiger partial charge in [0.2, 0.25) is 0 Å². The number of piperidine rings is 1. The summed E-state index contributed by atoms with van der Waals surface area (Å²) in [5.41, 5.74) is 5.17. The van der Waals surface area contributed by atoms with Gasteiger partial charge in [-0.3, -0.25) is 9.69 Å². The van der Waals surface area contributed by atoms with E-state index in [2.05, 4.69) is 46.7 Å². The Morgan fingerprint density at radius 2 is 1.70 bits per heavy atom. The second-order valence-electron chi connectivity index (χ2n) is 7.58. The molecule has 0 spiro atoms. The first-order valence-electron chi connectivity index (χ1n) is 9.65. The third-order valence-electron chi connectivity index (χ3n) is 5.61. The Hall–Kier alpha value is -2.43. The van der Waals surface area contributed by atoms with Crippen LogP contribution in [0.3, 0.4) is 0 Å². The number of hydrogen-bond acceptors (Lipinski definition) is 3. The van der Waals surface area contributed by atoms with Crippen LogP contribution >= 0.6 is 0 Å². The number of rotatable bonds is 4. The summed E-state index contributed by atoms with van der Waals surface area (Å²) in [6.45, 7) is 6.09. The number of aryl methyl sites for hydroxylation is 1. The van der Waals surface area contributed by atoms with Crippen LogP contribution in [0.25, 0.3) is 16.6 Å². The number of hydrogen-bond donors (Lipinski definition) is 1. The highest BCUT2D eigenvalue weighted by molar-refractivity contribution is 6.10. The van der Waals surface area contributed by atoms with Crippen molar-refractivity contribution in [2.45, 2.75) is 32.8 Å². The third kappa shape index (κ3) is 3.43. The summed E-state index contributed by atoms with van der Waals surface area (Å²) in [5.74, 6) is 0.158. The van der Waals surface area contributed by atoms with Gasteiger partial charge in [-0.1, -0.05) is 35.9 Å². The van der Waals surface area contributed by atoms with E-state index >= 15 is 0 Å². The SMILES string of the molecule is Cc1ccc(-n2c(C)c(C(=O)CN3CCC(O)CC3)c3ccccc32)cc1. The van der Waals surface area contributed by atoms with Crippen LogP contribution in [0.1, 0.15) is 34.5 Å². The predicted molar refractivity (Wildman–Crippen MR) is 109 cm³/mol. The van der Waals surface area contributed by atoms with Gasteiger partial charge in [-0.25, -0.2) is 0 Å². The molecule has 1 aliphatic rings. The molecule has 0 amide bonds. The Kier molecular flexibility index (Phi) is 4.85. The average Bonchev–Trinajstić information content (AvgIpc) is 2.96. The van der Waals surface area contributed by atoms with E-state index in [0.29, 0.717) is 6.54 Å². The first-order chi connectivity index (χ1) is 13.0. The molecule has 1 aromatic heterocycles. The average molecular weight is 362 g/mol. The Bertz CT molecular complexity index is 964. The monoisotopic (exact) mass is 362 g/mol. The van der Waals surface area contributed by atoms with Crippen LogP contribution in [-0.2, 0) is 0 Å². The van der Waals surface area contributed by atoms with Crippen LogP contribution in [0, 0.1) is 13.8 Å². The second kappa shape index (κ2) is 7.29. The molecule has 140 valence electrons. The van der Waals surface area contributed by atoms with Gasteiger partial charge < -0.3 is 9.67 Å². The molecule has 1 N–H and O–H groups in total. The normalized spacial score (nSPS) is 16.1. The van der Waals surface area contributed by atoms with Crippen molar-refractivity contribution in [2.75, 3.05) is 19.6 Å². The van der Waals surface area contributed by atoms with E-state index in [-0.39, 0.29) is 11.9 Å². The van der Waals surface area contributed by atoms with Crippen LogP contribution in [0.2, 0.25) is 0 Å². The maximum atomic E-state index is 13.2. The number of likely N-dealkylation sites (tertiary alicyclic amines) is 1. The lowest BCUT2D eigenvalue weighted by Gasteiger charge is -2.28. The number of aliphatic hydroxyl groups excluding tert-OH is 1. The summed E-state index contributed by atoms with van der Waals surface area (Å²) in [5, 5.41) is 10.7. The molecular weight excluding hydrogens is 336 g/mol. The number of aromatic nitrogens is 1. The smallest absolute Gasteiger partial charge is 0.179 e. The Labute approximate surface area is 160 Å². The zero-order valence-electron chi connectivity index (χ0n) is 16.0. The van der Waals surface area contributed by atoms with Crippen LogP contribution in [-0.4, -0.2) is 46.1 Å². The molecule has 0 radical (unpaired) electrons. The summed E-state index contributed by atoms with van der Waals surface area (Å²) in [7, 11) is 0. The molecule has 0 aliphatic carbocycles. The number of fused-ring (bicyclic) bond motifs is 1. The molecule has 4 rings (SSSR count). The molecule has 4 nitrogen and oxygen atoms in total. The molecule has 1 fully saturated rings. The fourth-order valence-electron chi connectivity index (χ4n) is 4.11. The molecule has 0 unspecified atom stereocenters. The molecule has 0 bridgehead atoms. The highest BCUT2D eigenvalue weighted by Crippen LogP contribution is 2.30. The lowest BCUT2D eigenvalue weighted by molar-refractivity contribution is 0.0711. The van der Waals surface area contributed by atoms with Crippen molar-refractivity contribution < 1.29 is 9.90 Å². The van der Waals surface area contributed by atoms with Crippen molar-refractivity contribution in [2.24, 2.45) is 0 Å². The van der Waals surface area contributed by atoms with Crippen molar-refractivity contribution in [3.63, 3.8) is 0 Å². The first-order valence-corrected chi connectivity index (χ1v) is 9.65. The number of para-hydroxylation sites is 1. The molecule has 2 aromatic carbocycles. The topological polar surface area (TPSA) is 45.5 Å². The van der Waals surface area contributed by atoms with Crippen molar-refractivity contribution >= 4 is 16.7 Å². The Balaban J connectivity index is 1.74. The van der Waals surface area contributed by atoms with Gasteiger partial charge in [0, 0.05) is 35.4 Å². The predicted octanol–water partition coefficient (Wildman–Crippen LogP) is 3.89. The number of carbonyl (C=O) groups is 1. The number of Topliss-reactive ketones (excluding diaryl/α,β-unsaturated/α-hetero) is 1. The van der Waals surface area contributed by atoms with E-state index in [9.17, 15) is 9.90 Å². The van der Waals surface area contributed by atoms with E-state index in [1.54, 1.807) is 0 Å². The summed E-state index contributed by atoms with van der Waals surface area (Å²) in [6, 6.07) is 16.6. The molecule has 0 atom stereocenters. The maximum absolute atomic E-state index is 13.2. The van der Waals surface area contributed by atoms with Gasteiger partial charge in [0.1, 0.15) is 0 Å². The fourth-order valence-corrected chi connectivity index (χ4v) is 4.11. The Morgan fingerprint density at radius 1 is 1.04 bits per heavy atom. The van der Waals surface area contributed by atoms with E-state index < -0.39 is 0 Å². The minimum absolute atomic E-state index is 0.158. The summed E-state index contributed by atoms with van der Waals surface area (Å²) < 4.78 is 2.18. The molecular formula is C23H26N2O2. The highest BCUT2D eigenvalue weighted by atomic mass is 16.3. The largest absolute Gasteiger partial charge is 0.393 e. The minimum Gasteiger partial charge on any atom is -0.393 e. The van der Waals surface area contributed by atoms with Gasteiger partial charge in [-0.05, 0) is 44.9 Å². The molecule has 1 saturated heterocycles. The van der Waals surface area contributed by atoms with Gasteiger partial charge in [0.25, 0.3) is 0 Å². The van der Waals surface area contributed by atoms with Crippen molar-refractivity contribution in [3.05, 3.63) is 65.4 Å². The van der Waals surface area contributed by atoms with E-state index in [0.717, 1.165) is 53.8 Å². The number of carbonyl (C=O) groups excluding carboxylic acids is 1. The number of aliphatic hydroxyl groups is 1. The molecule has 1 aliphatic heterocycles. The van der Waals surface area contributed by atoms with Crippen LogP contribution in [0.4, 0.5) is 0 Å². The fraction of sp³-hybridized carbons (Fsp3) is 0.348. The van der Waals surface area contributed by atoms with Gasteiger partial charge in [-0.2, -0.15) is 0 Å². The van der Waals surface area contributed by atoms with E-state index in [1.165, 1.54) is 5.56 Å². The van der Waals surface area contributed by atoms with Crippen molar-refractivity contribution in [3.8, 4) is 5.69 Å². The molecule has 27 heavy (non-hydrogen) atoms. The molecule has 4 heteroatoms. The lowest BCUT2D eigenvalue weighted by atomic mass is 10.0. The Morgan fingerprint density at radius 3 is 2.41 bits per heavy atom. The lowest BCUT2D eigenvalue weighted by Crippen LogP contribution is -2.39. The number of ketones is 1. The summed E-state index contributed by atoms with van der Waals surface area (Å²) in [4.78, 5) is 15.4. The van der Waals surface area contributed by atoms with E-state index in [1.807, 2.05) is 25.1 Å². The zero-order valence-corrected chi connectivity index (χ0v) is 16.0.